The number of amides is 1. The molecule has 90 valence electrons. The highest BCUT2D eigenvalue weighted by Gasteiger charge is 2.05. The summed E-state index contributed by atoms with van der Waals surface area (Å²) in [6.07, 6.45) is 4.88. The van der Waals surface area contributed by atoms with Crippen LogP contribution in [0.4, 0.5) is 4.39 Å². The number of benzene rings is 1. The monoisotopic (exact) mass is 242 g/mol. The highest BCUT2D eigenvalue weighted by atomic mass is 19.1. The van der Waals surface area contributed by atoms with E-state index in [-0.39, 0.29) is 11.5 Å². The Morgan fingerprint density at radius 3 is 2.78 bits per heavy atom. The van der Waals surface area contributed by atoms with Crippen molar-refractivity contribution in [2.24, 2.45) is 5.73 Å². The third-order valence-corrected chi connectivity index (χ3v) is 2.38. The Bertz CT molecular complexity index is 608. The normalized spacial score (nSPS) is 10.7. The average Bonchev–Trinajstić information content (AvgIpc) is 2.37. The van der Waals surface area contributed by atoms with Gasteiger partial charge in [-0.25, -0.2) is 4.39 Å². The fourth-order valence-electron chi connectivity index (χ4n) is 1.55. The topological polar surface area (TPSA) is 56.0 Å². The zero-order valence-corrected chi connectivity index (χ0v) is 9.51. The van der Waals surface area contributed by atoms with Crippen LogP contribution in [0.15, 0.2) is 42.6 Å². The zero-order chi connectivity index (χ0) is 13.0. The van der Waals surface area contributed by atoms with E-state index in [1.54, 1.807) is 36.4 Å². The Morgan fingerprint density at radius 2 is 2.06 bits per heavy atom. The van der Waals surface area contributed by atoms with E-state index in [4.69, 9.17) is 5.73 Å². The van der Waals surface area contributed by atoms with Gasteiger partial charge >= 0.3 is 0 Å². The van der Waals surface area contributed by atoms with Crippen molar-refractivity contribution in [3.05, 3.63) is 65.2 Å². The molecule has 0 saturated heterocycles. The minimum absolute atomic E-state index is 0.199. The second-order valence-corrected chi connectivity index (χ2v) is 3.69. The van der Waals surface area contributed by atoms with Gasteiger partial charge in [0.25, 0.3) is 5.91 Å². The molecule has 1 aromatic heterocycles. The summed E-state index contributed by atoms with van der Waals surface area (Å²) in [4.78, 5) is 15.1. The van der Waals surface area contributed by atoms with Gasteiger partial charge in [-0.1, -0.05) is 30.4 Å². The molecule has 1 heterocycles. The van der Waals surface area contributed by atoms with Crippen LogP contribution >= 0.6 is 0 Å². The summed E-state index contributed by atoms with van der Waals surface area (Å²) in [6.45, 7) is 0. The van der Waals surface area contributed by atoms with Crippen molar-refractivity contribution in [3.8, 4) is 0 Å². The van der Waals surface area contributed by atoms with Crippen molar-refractivity contribution in [2.75, 3.05) is 0 Å². The molecule has 1 amide bonds. The van der Waals surface area contributed by atoms with Crippen molar-refractivity contribution in [3.63, 3.8) is 0 Å². The van der Waals surface area contributed by atoms with Gasteiger partial charge in [0.15, 0.2) is 0 Å². The number of carbonyl (C=O) groups is 1. The summed E-state index contributed by atoms with van der Waals surface area (Å²) in [6, 6.07) is 9.58. The molecule has 18 heavy (non-hydrogen) atoms. The fourth-order valence-corrected chi connectivity index (χ4v) is 1.55. The van der Waals surface area contributed by atoms with Gasteiger partial charge in [-0.2, -0.15) is 0 Å². The van der Waals surface area contributed by atoms with Crippen molar-refractivity contribution < 1.29 is 9.18 Å². The number of primary amides is 1. The SMILES string of the molecule is NC(=O)c1ncccc1C=Cc1cccc(F)c1. The summed E-state index contributed by atoms with van der Waals surface area (Å²) < 4.78 is 13.0. The first-order valence-electron chi connectivity index (χ1n) is 5.35. The smallest absolute Gasteiger partial charge is 0.267 e. The highest BCUT2D eigenvalue weighted by Crippen LogP contribution is 2.11. The third-order valence-electron chi connectivity index (χ3n) is 2.38. The van der Waals surface area contributed by atoms with E-state index >= 15 is 0 Å². The largest absolute Gasteiger partial charge is 0.364 e. The lowest BCUT2D eigenvalue weighted by molar-refractivity contribution is 0.0995. The number of hydrogen-bond acceptors (Lipinski definition) is 2. The quantitative estimate of drug-likeness (QED) is 0.898. The summed E-state index contributed by atoms with van der Waals surface area (Å²) in [5, 5.41) is 0. The number of rotatable bonds is 3. The van der Waals surface area contributed by atoms with E-state index in [0.29, 0.717) is 11.1 Å². The molecule has 0 saturated carbocycles. The number of nitrogens with two attached hydrogens (primary N) is 1. The maximum absolute atomic E-state index is 13.0. The lowest BCUT2D eigenvalue weighted by Crippen LogP contribution is -2.14. The van der Waals surface area contributed by atoms with Crippen LogP contribution in [0.2, 0.25) is 0 Å². The van der Waals surface area contributed by atoms with E-state index < -0.39 is 5.91 Å². The van der Waals surface area contributed by atoms with Crippen molar-refractivity contribution in [1.82, 2.24) is 4.98 Å². The molecule has 4 heteroatoms. The standard InChI is InChI=1S/C14H11FN2O/c15-12-5-1-3-10(9-12)6-7-11-4-2-8-17-13(11)14(16)18/h1-9H,(H2,16,18). The van der Waals surface area contributed by atoms with E-state index in [1.807, 2.05) is 0 Å². The van der Waals surface area contributed by atoms with Gasteiger partial charge in [-0.15, -0.1) is 0 Å². The Morgan fingerprint density at radius 1 is 1.22 bits per heavy atom. The molecule has 2 rings (SSSR count). The Balaban J connectivity index is 2.32. The molecule has 2 N–H and O–H groups in total. The van der Waals surface area contributed by atoms with Gasteiger partial charge < -0.3 is 5.73 Å². The Hall–Kier alpha value is -2.49. The predicted molar refractivity (Wildman–Crippen MR) is 68.1 cm³/mol. The number of nitrogens with zero attached hydrogens (tertiary/aromatic N) is 1. The van der Waals surface area contributed by atoms with Crippen LogP contribution in [0.1, 0.15) is 21.6 Å². The molecule has 1 aromatic carbocycles. The van der Waals surface area contributed by atoms with Gasteiger partial charge in [0, 0.05) is 11.8 Å². The summed E-state index contributed by atoms with van der Waals surface area (Å²) >= 11 is 0. The Labute approximate surface area is 104 Å². The lowest BCUT2D eigenvalue weighted by Gasteiger charge is -2.00. The van der Waals surface area contributed by atoms with Crippen molar-refractivity contribution >= 4 is 18.1 Å². The molecule has 0 aliphatic rings. The molecular formula is C14H11FN2O. The van der Waals surface area contributed by atoms with Crippen LogP contribution in [0.5, 0.6) is 0 Å². The second-order valence-electron chi connectivity index (χ2n) is 3.69. The molecule has 3 nitrogen and oxygen atoms in total. The Kier molecular flexibility index (Phi) is 3.48. The molecule has 0 fully saturated rings. The van der Waals surface area contributed by atoms with Crippen LogP contribution < -0.4 is 5.73 Å². The molecular weight excluding hydrogens is 231 g/mol. The van der Waals surface area contributed by atoms with Gasteiger partial charge in [0.05, 0.1) is 0 Å². The maximum Gasteiger partial charge on any atom is 0.267 e. The van der Waals surface area contributed by atoms with Crippen LogP contribution in [0.3, 0.4) is 0 Å². The van der Waals surface area contributed by atoms with Crippen molar-refractivity contribution in [2.45, 2.75) is 0 Å². The van der Waals surface area contributed by atoms with E-state index in [9.17, 15) is 9.18 Å². The molecule has 0 bridgehead atoms. The average molecular weight is 242 g/mol. The molecule has 0 radical (unpaired) electrons. The molecule has 0 aliphatic heterocycles. The lowest BCUT2D eigenvalue weighted by atomic mass is 10.1. The number of hydrogen-bond donors (Lipinski definition) is 1. The summed E-state index contributed by atoms with van der Waals surface area (Å²) in [5.41, 5.74) is 6.72. The first-order chi connectivity index (χ1) is 8.66. The number of halogens is 1. The van der Waals surface area contributed by atoms with Crippen LogP contribution in [-0.2, 0) is 0 Å². The van der Waals surface area contributed by atoms with Gasteiger partial charge in [-0.3, -0.25) is 9.78 Å². The van der Waals surface area contributed by atoms with Gasteiger partial charge in [0.1, 0.15) is 11.5 Å². The van der Waals surface area contributed by atoms with Crippen molar-refractivity contribution in [1.29, 1.82) is 0 Å². The number of aromatic nitrogens is 1. The van der Waals surface area contributed by atoms with E-state index in [2.05, 4.69) is 4.98 Å². The maximum atomic E-state index is 13.0. The molecule has 0 atom stereocenters. The van der Waals surface area contributed by atoms with Gasteiger partial charge in [0.2, 0.25) is 0 Å². The second kappa shape index (κ2) is 5.23. The first-order valence-corrected chi connectivity index (χ1v) is 5.35. The predicted octanol–water partition coefficient (Wildman–Crippen LogP) is 2.49. The fraction of sp³-hybridized carbons (Fsp3) is 0. The summed E-state index contributed by atoms with van der Waals surface area (Å²) in [5.74, 6) is -0.895. The van der Waals surface area contributed by atoms with Crippen LogP contribution in [0.25, 0.3) is 12.2 Å². The third kappa shape index (κ3) is 2.79. The highest BCUT2D eigenvalue weighted by molar-refractivity contribution is 5.95. The molecule has 0 aliphatic carbocycles. The van der Waals surface area contributed by atoms with E-state index in [1.165, 1.54) is 18.3 Å². The minimum atomic E-state index is -0.588. The first kappa shape index (κ1) is 12.0. The zero-order valence-electron chi connectivity index (χ0n) is 9.51. The van der Waals surface area contributed by atoms with Crippen LogP contribution in [0, 0.1) is 5.82 Å². The molecule has 2 aromatic rings. The number of carbonyl (C=O) groups excluding carboxylic acids is 1. The van der Waals surface area contributed by atoms with Crippen LogP contribution in [-0.4, -0.2) is 10.9 Å². The minimum Gasteiger partial charge on any atom is -0.364 e. The molecule has 0 spiro atoms. The van der Waals surface area contributed by atoms with E-state index in [0.717, 1.165) is 0 Å². The van der Waals surface area contributed by atoms with Gasteiger partial charge in [-0.05, 0) is 23.8 Å². The number of pyridine rings is 1. The summed E-state index contributed by atoms with van der Waals surface area (Å²) in [7, 11) is 0. The molecule has 0 unspecified atom stereocenters.